The third kappa shape index (κ3) is 2.01. The summed E-state index contributed by atoms with van der Waals surface area (Å²) >= 11 is 3.08. The number of rotatable bonds is 1. The van der Waals surface area contributed by atoms with E-state index < -0.39 is 10.0 Å². The first kappa shape index (κ1) is 10.5. The smallest absolute Gasteiger partial charge is 0.241 e. The summed E-state index contributed by atoms with van der Waals surface area (Å²) in [6.45, 7) is 1.72. The van der Waals surface area contributed by atoms with Crippen molar-refractivity contribution in [3.05, 3.63) is 22.2 Å². The van der Waals surface area contributed by atoms with Crippen LogP contribution >= 0.6 is 15.9 Å². The lowest BCUT2D eigenvalue weighted by molar-refractivity contribution is 0.597. The number of hydrogen-bond acceptors (Lipinski definition) is 3. The van der Waals surface area contributed by atoms with Gasteiger partial charge in [0.2, 0.25) is 10.0 Å². The van der Waals surface area contributed by atoms with Crippen LogP contribution in [0.1, 0.15) is 5.56 Å². The van der Waals surface area contributed by atoms with Crippen LogP contribution in [0.25, 0.3) is 0 Å². The van der Waals surface area contributed by atoms with Gasteiger partial charge in [-0.25, -0.2) is 13.6 Å². The number of aryl methyl sites for hydroxylation is 1. The van der Waals surface area contributed by atoms with E-state index in [2.05, 4.69) is 15.9 Å². The van der Waals surface area contributed by atoms with E-state index in [0.29, 0.717) is 10.0 Å². The molecule has 0 saturated heterocycles. The van der Waals surface area contributed by atoms with Crippen molar-refractivity contribution >= 4 is 31.6 Å². The maximum Gasteiger partial charge on any atom is 0.241 e. The molecular formula is C7H9BrN2O2S. The highest BCUT2D eigenvalue weighted by molar-refractivity contribution is 9.10. The van der Waals surface area contributed by atoms with E-state index in [4.69, 9.17) is 10.9 Å². The SMILES string of the molecule is Cc1ccc(Br)c(S(N)(=O)=O)c1N. The molecule has 4 N–H and O–H groups in total. The molecule has 0 aromatic heterocycles. The van der Waals surface area contributed by atoms with Crippen molar-refractivity contribution in [2.24, 2.45) is 5.14 Å². The lowest BCUT2D eigenvalue weighted by Gasteiger charge is -2.07. The zero-order valence-corrected chi connectivity index (χ0v) is 9.31. The Balaban J connectivity index is 3.62. The van der Waals surface area contributed by atoms with Crippen molar-refractivity contribution in [3.8, 4) is 0 Å². The predicted molar refractivity (Wildman–Crippen MR) is 54.7 cm³/mol. The second-order valence-corrected chi connectivity index (χ2v) is 5.00. The van der Waals surface area contributed by atoms with Gasteiger partial charge < -0.3 is 5.73 Å². The lowest BCUT2D eigenvalue weighted by Crippen LogP contribution is -2.15. The quantitative estimate of drug-likeness (QED) is 0.742. The van der Waals surface area contributed by atoms with Crippen LogP contribution in [0.2, 0.25) is 0 Å². The molecule has 6 heteroatoms. The Morgan fingerprint density at radius 2 is 1.92 bits per heavy atom. The van der Waals surface area contributed by atoms with Crippen LogP contribution in [0.15, 0.2) is 21.5 Å². The van der Waals surface area contributed by atoms with E-state index in [0.717, 1.165) is 0 Å². The Hall–Kier alpha value is -0.590. The normalized spacial score (nSPS) is 11.6. The third-order valence-electron chi connectivity index (χ3n) is 1.65. The fraction of sp³-hybridized carbons (Fsp3) is 0.143. The molecule has 0 atom stereocenters. The van der Waals surface area contributed by atoms with E-state index in [1.54, 1.807) is 19.1 Å². The molecule has 1 aromatic carbocycles. The summed E-state index contributed by atoms with van der Waals surface area (Å²) in [5, 5.41) is 4.99. The van der Waals surface area contributed by atoms with Crippen molar-refractivity contribution in [1.82, 2.24) is 0 Å². The summed E-state index contributed by atoms with van der Waals surface area (Å²) in [5.41, 5.74) is 6.46. The minimum absolute atomic E-state index is 0.0486. The van der Waals surface area contributed by atoms with Gasteiger partial charge in [-0.3, -0.25) is 0 Å². The first-order valence-corrected chi connectivity index (χ1v) is 5.75. The molecule has 0 aliphatic rings. The molecule has 72 valence electrons. The van der Waals surface area contributed by atoms with Crippen molar-refractivity contribution in [1.29, 1.82) is 0 Å². The number of primary sulfonamides is 1. The fourth-order valence-corrected chi connectivity index (χ4v) is 2.79. The standard InChI is InChI=1S/C7H9BrN2O2S/c1-4-2-3-5(8)7(6(4)9)13(10,11)12/h2-3H,9H2,1H3,(H2,10,11,12). The molecule has 4 nitrogen and oxygen atoms in total. The van der Waals surface area contributed by atoms with Gasteiger partial charge in [-0.1, -0.05) is 6.07 Å². The monoisotopic (exact) mass is 264 g/mol. The molecular weight excluding hydrogens is 256 g/mol. The lowest BCUT2D eigenvalue weighted by atomic mass is 10.2. The van der Waals surface area contributed by atoms with Crippen LogP contribution in [-0.2, 0) is 10.0 Å². The minimum atomic E-state index is -3.76. The molecule has 0 fully saturated rings. The van der Waals surface area contributed by atoms with Crippen LogP contribution in [0, 0.1) is 6.92 Å². The molecule has 0 spiro atoms. The molecule has 0 aliphatic carbocycles. The molecule has 0 unspecified atom stereocenters. The van der Waals surface area contributed by atoms with Gasteiger partial charge in [-0.2, -0.15) is 0 Å². The van der Waals surface area contributed by atoms with Crippen LogP contribution < -0.4 is 10.9 Å². The molecule has 1 rings (SSSR count). The molecule has 1 aromatic rings. The topological polar surface area (TPSA) is 86.2 Å². The van der Waals surface area contributed by atoms with Crippen LogP contribution in [0.4, 0.5) is 5.69 Å². The zero-order chi connectivity index (χ0) is 10.2. The maximum absolute atomic E-state index is 11.1. The highest BCUT2D eigenvalue weighted by atomic mass is 79.9. The van der Waals surface area contributed by atoms with Crippen LogP contribution in [0.3, 0.4) is 0 Å². The van der Waals surface area contributed by atoms with E-state index in [-0.39, 0.29) is 10.6 Å². The van der Waals surface area contributed by atoms with Gasteiger partial charge in [0.25, 0.3) is 0 Å². The molecule has 0 heterocycles. The first-order valence-electron chi connectivity index (χ1n) is 3.41. The van der Waals surface area contributed by atoms with Gasteiger partial charge in [0.1, 0.15) is 4.90 Å². The zero-order valence-electron chi connectivity index (χ0n) is 6.91. The summed E-state index contributed by atoms with van der Waals surface area (Å²) < 4.78 is 22.6. The number of anilines is 1. The van der Waals surface area contributed by atoms with Crippen LogP contribution in [0.5, 0.6) is 0 Å². The van der Waals surface area contributed by atoms with Gasteiger partial charge in [0, 0.05) is 4.47 Å². The number of nitrogens with two attached hydrogens (primary N) is 2. The minimum Gasteiger partial charge on any atom is -0.397 e. The van der Waals surface area contributed by atoms with Gasteiger partial charge in [-0.15, -0.1) is 0 Å². The molecule has 0 amide bonds. The van der Waals surface area contributed by atoms with Crippen LogP contribution in [-0.4, -0.2) is 8.42 Å². The largest absolute Gasteiger partial charge is 0.397 e. The molecule has 0 saturated carbocycles. The second-order valence-electron chi connectivity index (χ2n) is 2.65. The van der Waals surface area contributed by atoms with Gasteiger partial charge in [0.15, 0.2) is 0 Å². The molecule has 13 heavy (non-hydrogen) atoms. The average molecular weight is 265 g/mol. The Morgan fingerprint density at radius 3 is 2.31 bits per heavy atom. The maximum atomic E-state index is 11.1. The number of nitrogen functional groups attached to an aromatic ring is 1. The summed E-state index contributed by atoms with van der Waals surface area (Å²) in [5.74, 6) is 0. The fourth-order valence-electron chi connectivity index (χ4n) is 0.961. The summed E-state index contributed by atoms with van der Waals surface area (Å²) in [4.78, 5) is -0.0486. The number of halogens is 1. The van der Waals surface area contributed by atoms with Gasteiger partial charge in [-0.05, 0) is 34.5 Å². The summed E-state index contributed by atoms with van der Waals surface area (Å²) in [6.07, 6.45) is 0. The van der Waals surface area contributed by atoms with Crippen molar-refractivity contribution < 1.29 is 8.42 Å². The van der Waals surface area contributed by atoms with E-state index in [1.807, 2.05) is 0 Å². The number of sulfonamides is 1. The molecule has 0 radical (unpaired) electrons. The molecule has 0 bridgehead atoms. The summed E-state index contributed by atoms with van der Waals surface area (Å²) in [6, 6.07) is 3.32. The summed E-state index contributed by atoms with van der Waals surface area (Å²) in [7, 11) is -3.76. The van der Waals surface area contributed by atoms with Gasteiger partial charge >= 0.3 is 0 Å². The first-order chi connectivity index (χ1) is 5.84. The molecule has 0 aliphatic heterocycles. The van der Waals surface area contributed by atoms with E-state index in [9.17, 15) is 8.42 Å². The Bertz CT molecular complexity index is 442. The Morgan fingerprint density at radius 1 is 1.38 bits per heavy atom. The predicted octanol–water partition coefficient (Wildman–Crippen LogP) is 0.987. The van der Waals surface area contributed by atoms with Crippen molar-refractivity contribution in [2.45, 2.75) is 11.8 Å². The third-order valence-corrected chi connectivity index (χ3v) is 3.58. The van der Waals surface area contributed by atoms with Crippen molar-refractivity contribution in [3.63, 3.8) is 0 Å². The van der Waals surface area contributed by atoms with Crippen molar-refractivity contribution in [2.75, 3.05) is 5.73 Å². The van der Waals surface area contributed by atoms with Gasteiger partial charge in [0.05, 0.1) is 5.69 Å². The Labute approximate surface area is 85.1 Å². The Kier molecular flexibility index (Phi) is 2.65. The highest BCUT2D eigenvalue weighted by Crippen LogP contribution is 2.28. The second kappa shape index (κ2) is 3.28. The highest BCUT2D eigenvalue weighted by Gasteiger charge is 2.17. The van der Waals surface area contributed by atoms with E-state index >= 15 is 0 Å². The number of hydrogen-bond donors (Lipinski definition) is 2. The average Bonchev–Trinajstić information content (AvgIpc) is 1.95. The van der Waals surface area contributed by atoms with E-state index in [1.165, 1.54) is 0 Å². The number of benzene rings is 1.